The minimum atomic E-state index is -4.79. The number of hydrogen-bond acceptors (Lipinski definition) is 6. The number of fused-ring (bicyclic) bond motifs is 1. The highest BCUT2D eigenvalue weighted by Crippen LogP contribution is 2.41. The number of carbonyl (C=O) groups is 1. The summed E-state index contributed by atoms with van der Waals surface area (Å²) in [6.45, 7) is 4.27. The summed E-state index contributed by atoms with van der Waals surface area (Å²) in [5, 5.41) is 0.762. The maximum Gasteiger partial charge on any atom is 0.573 e. The van der Waals surface area contributed by atoms with Gasteiger partial charge in [0, 0.05) is 12.6 Å². The molecule has 0 spiro atoms. The fourth-order valence-electron chi connectivity index (χ4n) is 4.63. The Morgan fingerprint density at radius 2 is 1.97 bits per heavy atom. The molecule has 1 fully saturated rings. The summed E-state index contributed by atoms with van der Waals surface area (Å²) in [5.41, 5.74) is 1.29. The van der Waals surface area contributed by atoms with Gasteiger partial charge in [0.2, 0.25) is 0 Å². The van der Waals surface area contributed by atoms with E-state index < -0.39 is 11.9 Å². The van der Waals surface area contributed by atoms with Crippen molar-refractivity contribution in [3.05, 3.63) is 59.0 Å². The van der Waals surface area contributed by atoms with Crippen molar-refractivity contribution in [2.24, 2.45) is 0 Å². The summed E-state index contributed by atoms with van der Waals surface area (Å²) in [6.07, 6.45) is -3.40. The number of halogens is 3. The lowest BCUT2D eigenvalue weighted by molar-refractivity contribution is -0.274. The monoisotopic (exact) mass is 516 g/mol. The Balaban J connectivity index is 1.50. The van der Waals surface area contributed by atoms with E-state index in [1.807, 2.05) is 38.1 Å². The second-order valence-electron chi connectivity index (χ2n) is 8.79. The lowest BCUT2D eigenvalue weighted by Crippen LogP contribution is -2.44. The van der Waals surface area contributed by atoms with E-state index in [1.165, 1.54) is 29.5 Å². The van der Waals surface area contributed by atoms with Gasteiger partial charge in [-0.2, -0.15) is 0 Å². The van der Waals surface area contributed by atoms with Crippen LogP contribution in [0.25, 0.3) is 21.5 Å². The number of rotatable bonds is 5. The lowest BCUT2D eigenvalue weighted by atomic mass is 9.97. The molecule has 0 saturated carbocycles. The molecule has 7 nitrogen and oxygen atoms in total. The second kappa shape index (κ2) is 8.81. The van der Waals surface area contributed by atoms with Gasteiger partial charge < -0.3 is 19.4 Å². The molecular weight excluding hydrogens is 493 g/mol. The highest BCUT2D eigenvalue weighted by molar-refractivity contribution is 7.15. The SMILES string of the molecule is COc1cccc(-c2sc(C)nc2C(=O)N2CCC[C@@]2(C)c2nc3cc(OC(F)(F)F)ccc3[nH]2)c1. The molecule has 0 radical (unpaired) electrons. The van der Waals surface area contributed by atoms with Crippen LogP contribution in [0.4, 0.5) is 13.2 Å². The van der Waals surface area contributed by atoms with Gasteiger partial charge in [-0.25, -0.2) is 9.97 Å². The van der Waals surface area contributed by atoms with Gasteiger partial charge in [0.1, 0.15) is 23.0 Å². The van der Waals surface area contributed by atoms with Crippen LogP contribution < -0.4 is 9.47 Å². The van der Waals surface area contributed by atoms with E-state index in [9.17, 15) is 18.0 Å². The molecule has 2 aromatic heterocycles. The van der Waals surface area contributed by atoms with E-state index in [-0.39, 0.29) is 11.7 Å². The van der Waals surface area contributed by atoms with Gasteiger partial charge >= 0.3 is 6.36 Å². The Kier molecular flexibility index (Phi) is 5.90. The molecule has 0 aliphatic carbocycles. The molecule has 11 heteroatoms. The van der Waals surface area contributed by atoms with Crippen LogP contribution in [0.2, 0.25) is 0 Å². The van der Waals surface area contributed by atoms with Crippen molar-refractivity contribution in [1.82, 2.24) is 19.9 Å². The van der Waals surface area contributed by atoms with Crippen molar-refractivity contribution in [3.63, 3.8) is 0 Å². The van der Waals surface area contributed by atoms with Crippen LogP contribution in [0.15, 0.2) is 42.5 Å². The number of H-pyrrole nitrogens is 1. The van der Waals surface area contributed by atoms with E-state index in [4.69, 9.17) is 4.74 Å². The Morgan fingerprint density at radius 3 is 2.72 bits per heavy atom. The molecule has 0 unspecified atom stereocenters. The number of aromatic nitrogens is 3. The van der Waals surface area contributed by atoms with Crippen molar-refractivity contribution in [3.8, 4) is 21.9 Å². The number of carbonyl (C=O) groups excluding carboxylic acids is 1. The van der Waals surface area contributed by atoms with Gasteiger partial charge in [-0.1, -0.05) is 12.1 Å². The number of ether oxygens (including phenoxy) is 2. The summed E-state index contributed by atoms with van der Waals surface area (Å²) >= 11 is 1.44. The predicted molar refractivity (Wildman–Crippen MR) is 129 cm³/mol. The number of imidazole rings is 1. The maximum absolute atomic E-state index is 13.9. The first-order chi connectivity index (χ1) is 17.1. The van der Waals surface area contributed by atoms with E-state index in [2.05, 4.69) is 19.7 Å². The number of hydrogen-bond donors (Lipinski definition) is 1. The molecule has 4 aromatic rings. The van der Waals surface area contributed by atoms with Crippen LogP contribution in [0.5, 0.6) is 11.5 Å². The zero-order valence-electron chi connectivity index (χ0n) is 19.8. The predicted octanol–water partition coefficient (Wildman–Crippen LogP) is 6.05. The number of methoxy groups -OCH3 is 1. The third kappa shape index (κ3) is 4.39. The standard InChI is InChI=1S/C25H23F3N4O3S/c1-14-29-20(21(36-14)15-6-4-7-16(12-15)34-3)22(33)32-11-5-10-24(32,2)23-30-18-9-8-17(13-19(18)31-23)35-25(26,27)28/h4,6-9,12-13H,5,10-11H2,1-3H3,(H,30,31)/t24-/m0/s1. The largest absolute Gasteiger partial charge is 0.573 e. The lowest BCUT2D eigenvalue weighted by Gasteiger charge is -2.33. The van der Waals surface area contributed by atoms with Gasteiger partial charge in [0.25, 0.3) is 5.91 Å². The van der Waals surface area contributed by atoms with Crippen LogP contribution >= 0.6 is 11.3 Å². The summed E-state index contributed by atoms with van der Waals surface area (Å²) < 4.78 is 47.3. The molecule has 3 heterocycles. The highest BCUT2D eigenvalue weighted by atomic mass is 32.1. The smallest absolute Gasteiger partial charge is 0.497 e. The topological polar surface area (TPSA) is 80.3 Å². The van der Waals surface area contributed by atoms with Crippen LogP contribution in [0.3, 0.4) is 0 Å². The minimum Gasteiger partial charge on any atom is -0.497 e. The van der Waals surface area contributed by atoms with Crippen molar-refractivity contribution in [2.75, 3.05) is 13.7 Å². The number of thiazole rings is 1. The fourth-order valence-corrected chi connectivity index (χ4v) is 5.54. The maximum atomic E-state index is 13.9. The quantitative estimate of drug-likeness (QED) is 0.349. The van der Waals surface area contributed by atoms with Crippen molar-refractivity contribution in [2.45, 2.75) is 38.6 Å². The molecule has 5 rings (SSSR count). The van der Waals surface area contributed by atoms with Crippen molar-refractivity contribution >= 4 is 28.3 Å². The zero-order valence-corrected chi connectivity index (χ0v) is 20.6. The molecule has 1 saturated heterocycles. The summed E-state index contributed by atoms with van der Waals surface area (Å²) in [7, 11) is 1.59. The molecule has 1 N–H and O–H groups in total. The number of likely N-dealkylation sites (tertiary alicyclic amines) is 1. The molecule has 1 atom stereocenters. The highest BCUT2D eigenvalue weighted by Gasteiger charge is 2.45. The molecular formula is C25H23F3N4O3S. The minimum absolute atomic E-state index is 0.223. The average Bonchev–Trinajstić information content (AvgIpc) is 3.54. The summed E-state index contributed by atoms with van der Waals surface area (Å²) in [4.78, 5) is 28.7. The average molecular weight is 517 g/mol. The van der Waals surface area contributed by atoms with Crippen LogP contribution in [-0.2, 0) is 5.54 Å². The number of nitrogens with one attached hydrogen (secondary N) is 1. The first kappa shape index (κ1) is 24.1. The Bertz CT molecular complexity index is 1450. The van der Waals surface area contributed by atoms with Gasteiger partial charge in [-0.15, -0.1) is 24.5 Å². The number of aromatic amines is 1. The summed E-state index contributed by atoms with van der Waals surface area (Å²) in [5.74, 6) is 0.610. The number of benzene rings is 2. The Hall–Kier alpha value is -3.60. The van der Waals surface area contributed by atoms with Crippen molar-refractivity contribution in [1.29, 1.82) is 0 Å². The molecule has 36 heavy (non-hydrogen) atoms. The van der Waals surface area contributed by atoms with E-state index in [0.29, 0.717) is 41.3 Å². The molecule has 1 amide bonds. The number of nitrogens with zero attached hydrogens (tertiary/aromatic N) is 3. The second-order valence-corrected chi connectivity index (χ2v) is 9.99. The zero-order chi connectivity index (χ0) is 25.7. The number of alkyl halides is 3. The third-order valence-electron chi connectivity index (χ3n) is 6.35. The van der Waals surface area contributed by atoms with E-state index in [0.717, 1.165) is 21.9 Å². The van der Waals surface area contributed by atoms with Gasteiger partial charge in [-0.3, -0.25) is 4.79 Å². The first-order valence-corrected chi connectivity index (χ1v) is 12.1. The third-order valence-corrected chi connectivity index (χ3v) is 7.37. The molecule has 1 aliphatic heterocycles. The fraction of sp³-hybridized carbons (Fsp3) is 0.320. The molecule has 2 aromatic carbocycles. The van der Waals surface area contributed by atoms with Gasteiger partial charge in [0.15, 0.2) is 0 Å². The Morgan fingerprint density at radius 1 is 1.17 bits per heavy atom. The number of aryl methyl sites for hydroxylation is 1. The molecule has 188 valence electrons. The first-order valence-electron chi connectivity index (χ1n) is 11.3. The molecule has 0 bridgehead atoms. The van der Waals surface area contributed by atoms with Gasteiger partial charge in [0.05, 0.1) is 33.6 Å². The number of amides is 1. The van der Waals surface area contributed by atoms with E-state index >= 15 is 0 Å². The van der Waals surface area contributed by atoms with Crippen LogP contribution in [-0.4, -0.2) is 45.8 Å². The molecule has 1 aliphatic rings. The Labute approximate surface area is 208 Å². The summed E-state index contributed by atoms with van der Waals surface area (Å²) in [6, 6.07) is 11.4. The van der Waals surface area contributed by atoms with Crippen LogP contribution in [0, 0.1) is 6.92 Å². The van der Waals surface area contributed by atoms with E-state index in [1.54, 1.807) is 12.0 Å². The van der Waals surface area contributed by atoms with Crippen LogP contribution in [0.1, 0.15) is 41.1 Å². The van der Waals surface area contributed by atoms with Gasteiger partial charge in [-0.05, 0) is 56.5 Å². The van der Waals surface area contributed by atoms with Crippen molar-refractivity contribution < 1.29 is 27.4 Å². The normalized spacial score (nSPS) is 18.1.